The summed E-state index contributed by atoms with van der Waals surface area (Å²) in [6.45, 7) is 0.881. The van der Waals surface area contributed by atoms with E-state index in [0.717, 1.165) is 11.1 Å². The van der Waals surface area contributed by atoms with E-state index in [1.165, 1.54) is 0 Å². The monoisotopic (exact) mass is 392 g/mol. The van der Waals surface area contributed by atoms with Gasteiger partial charge < -0.3 is 9.32 Å². The molecule has 0 atom stereocenters. The van der Waals surface area contributed by atoms with Gasteiger partial charge in [0, 0.05) is 26.6 Å². The average molecular weight is 393 g/mol. The molecule has 26 heavy (non-hydrogen) atoms. The lowest BCUT2D eigenvalue weighted by atomic mass is 10.2. The van der Waals surface area contributed by atoms with Crippen LogP contribution in [0.2, 0.25) is 10.0 Å². The number of amides is 1. The Labute approximate surface area is 160 Å². The quantitative estimate of drug-likeness (QED) is 0.626. The number of halogens is 2. The molecule has 0 fully saturated rings. The SMILES string of the molecule is CN(Cc1ccc(Cl)c(Cl)c1)C(=O)CCCn1c(=O)oc2ccccc21. The van der Waals surface area contributed by atoms with Crippen molar-refractivity contribution in [3.63, 3.8) is 0 Å². The van der Waals surface area contributed by atoms with Crippen molar-refractivity contribution in [2.24, 2.45) is 0 Å². The van der Waals surface area contributed by atoms with Crippen molar-refractivity contribution in [3.8, 4) is 0 Å². The fourth-order valence-corrected chi connectivity index (χ4v) is 3.13. The smallest absolute Gasteiger partial charge is 0.408 e. The van der Waals surface area contributed by atoms with Crippen LogP contribution in [-0.2, 0) is 17.9 Å². The standard InChI is InChI=1S/C19H18Cl2N2O3/c1-22(12-13-8-9-14(20)15(21)11-13)18(24)7-4-10-23-16-5-2-3-6-17(16)26-19(23)25/h2-3,5-6,8-9,11H,4,7,10,12H2,1H3. The summed E-state index contributed by atoms with van der Waals surface area (Å²) in [6.07, 6.45) is 0.887. The molecule has 136 valence electrons. The summed E-state index contributed by atoms with van der Waals surface area (Å²) < 4.78 is 6.75. The van der Waals surface area contributed by atoms with Gasteiger partial charge in [0.15, 0.2) is 5.58 Å². The first-order valence-electron chi connectivity index (χ1n) is 8.22. The number of hydrogen-bond acceptors (Lipinski definition) is 3. The van der Waals surface area contributed by atoms with E-state index in [4.69, 9.17) is 27.6 Å². The van der Waals surface area contributed by atoms with Crippen molar-refractivity contribution >= 4 is 40.2 Å². The van der Waals surface area contributed by atoms with Gasteiger partial charge in [-0.25, -0.2) is 4.79 Å². The summed E-state index contributed by atoms with van der Waals surface area (Å²) in [7, 11) is 1.74. The number of benzene rings is 2. The van der Waals surface area contributed by atoms with Gasteiger partial charge >= 0.3 is 5.76 Å². The number of carbonyl (C=O) groups is 1. The number of carbonyl (C=O) groups excluding carboxylic acids is 1. The summed E-state index contributed by atoms with van der Waals surface area (Å²) in [6, 6.07) is 12.6. The second-order valence-corrected chi connectivity index (χ2v) is 6.90. The Morgan fingerprint density at radius 2 is 1.92 bits per heavy atom. The first-order chi connectivity index (χ1) is 12.5. The van der Waals surface area contributed by atoms with E-state index in [1.54, 1.807) is 34.7 Å². The van der Waals surface area contributed by atoms with Gasteiger partial charge in [0.25, 0.3) is 0 Å². The van der Waals surface area contributed by atoms with Crippen LogP contribution in [0, 0.1) is 0 Å². The maximum atomic E-state index is 12.3. The molecule has 2 aromatic carbocycles. The Morgan fingerprint density at radius 1 is 1.15 bits per heavy atom. The molecule has 0 spiro atoms. The van der Waals surface area contributed by atoms with Crippen molar-refractivity contribution in [3.05, 3.63) is 68.6 Å². The van der Waals surface area contributed by atoms with Gasteiger partial charge in [0.1, 0.15) is 0 Å². The van der Waals surface area contributed by atoms with E-state index in [9.17, 15) is 9.59 Å². The number of aryl methyl sites for hydroxylation is 1. The van der Waals surface area contributed by atoms with Crippen LogP contribution in [-0.4, -0.2) is 22.4 Å². The fourth-order valence-electron chi connectivity index (χ4n) is 2.80. The highest BCUT2D eigenvalue weighted by Crippen LogP contribution is 2.23. The highest BCUT2D eigenvalue weighted by molar-refractivity contribution is 6.42. The minimum atomic E-state index is -0.400. The lowest BCUT2D eigenvalue weighted by Crippen LogP contribution is -2.26. The van der Waals surface area contributed by atoms with Gasteiger partial charge in [-0.15, -0.1) is 0 Å². The van der Waals surface area contributed by atoms with E-state index >= 15 is 0 Å². The Kier molecular flexibility index (Phi) is 5.69. The predicted molar refractivity (Wildman–Crippen MR) is 103 cm³/mol. The molecular weight excluding hydrogens is 375 g/mol. The van der Waals surface area contributed by atoms with Crippen LogP contribution in [0.5, 0.6) is 0 Å². The zero-order chi connectivity index (χ0) is 18.7. The van der Waals surface area contributed by atoms with Crippen molar-refractivity contribution in [1.29, 1.82) is 0 Å². The summed E-state index contributed by atoms with van der Waals surface area (Å²) in [4.78, 5) is 25.9. The van der Waals surface area contributed by atoms with E-state index in [1.807, 2.05) is 24.3 Å². The second kappa shape index (κ2) is 7.98. The lowest BCUT2D eigenvalue weighted by molar-refractivity contribution is -0.130. The first kappa shape index (κ1) is 18.5. The molecule has 0 aliphatic carbocycles. The van der Waals surface area contributed by atoms with Gasteiger partial charge in [-0.05, 0) is 36.2 Å². The minimum Gasteiger partial charge on any atom is -0.408 e. The van der Waals surface area contributed by atoms with Crippen LogP contribution in [0.15, 0.2) is 51.7 Å². The summed E-state index contributed by atoms with van der Waals surface area (Å²) in [5, 5.41) is 0.957. The third-order valence-electron chi connectivity index (χ3n) is 4.18. The van der Waals surface area contributed by atoms with Crippen LogP contribution in [0.4, 0.5) is 0 Å². The van der Waals surface area contributed by atoms with Crippen molar-refractivity contribution in [2.45, 2.75) is 25.9 Å². The molecule has 0 N–H and O–H groups in total. The summed E-state index contributed by atoms with van der Waals surface area (Å²) in [5.74, 6) is -0.403. The van der Waals surface area contributed by atoms with Crippen molar-refractivity contribution in [2.75, 3.05) is 7.05 Å². The molecule has 0 radical (unpaired) electrons. The molecule has 1 heterocycles. The van der Waals surface area contributed by atoms with Crippen molar-refractivity contribution in [1.82, 2.24) is 9.47 Å². The Hall–Kier alpha value is -2.24. The topological polar surface area (TPSA) is 55.5 Å². The number of rotatable bonds is 6. The van der Waals surface area contributed by atoms with Crippen LogP contribution >= 0.6 is 23.2 Å². The molecule has 0 aliphatic rings. The zero-order valence-electron chi connectivity index (χ0n) is 14.2. The zero-order valence-corrected chi connectivity index (χ0v) is 15.8. The molecular formula is C19H18Cl2N2O3. The predicted octanol–water partition coefficient (Wildman–Crippen LogP) is 4.34. The Balaban J connectivity index is 1.57. The molecule has 0 saturated heterocycles. The van der Waals surface area contributed by atoms with Gasteiger partial charge in [0.2, 0.25) is 5.91 Å². The maximum Gasteiger partial charge on any atom is 0.419 e. The number of oxazole rings is 1. The summed E-state index contributed by atoms with van der Waals surface area (Å²) in [5.41, 5.74) is 2.21. The third kappa shape index (κ3) is 4.11. The minimum absolute atomic E-state index is 0.00285. The van der Waals surface area contributed by atoms with Gasteiger partial charge in [-0.2, -0.15) is 0 Å². The number of fused-ring (bicyclic) bond motifs is 1. The van der Waals surface area contributed by atoms with E-state index in [-0.39, 0.29) is 5.91 Å². The number of para-hydroxylation sites is 2. The fraction of sp³-hybridized carbons (Fsp3) is 0.263. The normalized spacial score (nSPS) is 11.0. The Bertz CT molecular complexity index is 994. The molecule has 0 unspecified atom stereocenters. The number of aromatic nitrogens is 1. The molecule has 3 rings (SSSR count). The van der Waals surface area contributed by atoms with Crippen molar-refractivity contribution < 1.29 is 9.21 Å². The number of hydrogen-bond donors (Lipinski definition) is 0. The average Bonchev–Trinajstić information content (AvgIpc) is 2.93. The first-order valence-corrected chi connectivity index (χ1v) is 8.97. The van der Waals surface area contributed by atoms with Crippen LogP contribution in [0.3, 0.4) is 0 Å². The molecule has 7 heteroatoms. The summed E-state index contributed by atoms with van der Waals surface area (Å²) >= 11 is 11.9. The molecule has 0 aliphatic heterocycles. The largest absolute Gasteiger partial charge is 0.419 e. The second-order valence-electron chi connectivity index (χ2n) is 6.09. The molecule has 1 amide bonds. The van der Waals surface area contributed by atoms with Gasteiger partial charge in [-0.3, -0.25) is 9.36 Å². The van der Waals surface area contributed by atoms with E-state index in [2.05, 4.69) is 0 Å². The highest BCUT2D eigenvalue weighted by atomic mass is 35.5. The molecule has 0 saturated carbocycles. The molecule has 0 bridgehead atoms. The molecule has 5 nitrogen and oxygen atoms in total. The van der Waals surface area contributed by atoms with Gasteiger partial charge in [-0.1, -0.05) is 41.4 Å². The molecule has 3 aromatic rings. The van der Waals surface area contributed by atoms with Crippen LogP contribution in [0.25, 0.3) is 11.1 Å². The lowest BCUT2D eigenvalue weighted by Gasteiger charge is -2.17. The maximum absolute atomic E-state index is 12.3. The Morgan fingerprint density at radius 3 is 2.69 bits per heavy atom. The van der Waals surface area contributed by atoms with Crippen LogP contribution < -0.4 is 5.76 Å². The van der Waals surface area contributed by atoms with Crippen LogP contribution in [0.1, 0.15) is 18.4 Å². The van der Waals surface area contributed by atoms with E-state index in [0.29, 0.717) is 41.6 Å². The molecule has 1 aromatic heterocycles. The third-order valence-corrected chi connectivity index (χ3v) is 4.91. The van der Waals surface area contributed by atoms with Gasteiger partial charge in [0.05, 0.1) is 15.6 Å². The van der Waals surface area contributed by atoms with E-state index < -0.39 is 5.76 Å². The number of nitrogens with zero attached hydrogens (tertiary/aromatic N) is 2. The highest BCUT2D eigenvalue weighted by Gasteiger charge is 2.12.